The molecule has 2 rings (SSSR count). The van der Waals surface area contributed by atoms with Gasteiger partial charge in [-0.15, -0.1) is 0 Å². The van der Waals surface area contributed by atoms with Gasteiger partial charge in [0.05, 0.1) is 22.3 Å². The molecule has 23 heavy (non-hydrogen) atoms. The van der Waals surface area contributed by atoms with Crippen molar-refractivity contribution < 1.29 is 26.3 Å². The standard InChI is InChI=1S/C12H7Cl2F6N3/c13-6-1-5(2-7(14)10(6)21)4-23-9(12(18,19)20)3-8(22-23)11(15,16)17/h1-3H,4,21H2. The zero-order chi connectivity index (χ0) is 17.6. The van der Waals surface area contributed by atoms with Gasteiger partial charge in [0.2, 0.25) is 0 Å². The van der Waals surface area contributed by atoms with E-state index in [1.54, 1.807) is 0 Å². The molecule has 1 aromatic heterocycles. The van der Waals surface area contributed by atoms with Crippen LogP contribution in [-0.4, -0.2) is 9.78 Å². The highest BCUT2D eigenvalue weighted by atomic mass is 35.5. The van der Waals surface area contributed by atoms with Crippen LogP contribution in [0.3, 0.4) is 0 Å². The summed E-state index contributed by atoms with van der Waals surface area (Å²) < 4.78 is 76.6. The van der Waals surface area contributed by atoms with E-state index in [2.05, 4.69) is 5.10 Å². The number of alkyl halides is 6. The number of hydrogen-bond donors (Lipinski definition) is 1. The number of nitrogen functional groups attached to an aromatic ring is 1. The number of benzene rings is 1. The molecule has 1 heterocycles. The highest BCUT2D eigenvalue weighted by Crippen LogP contribution is 2.36. The van der Waals surface area contributed by atoms with Crippen molar-refractivity contribution >= 4 is 28.9 Å². The molecule has 0 aliphatic carbocycles. The van der Waals surface area contributed by atoms with Gasteiger partial charge in [0.15, 0.2) is 5.69 Å². The zero-order valence-corrected chi connectivity index (χ0v) is 12.4. The predicted molar refractivity (Wildman–Crippen MR) is 72.2 cm³/mol. The largest absolute Gasteiger partial charge is 0.435 e. The summed E-state index contributed by atoms with van der Waals surface area (Å²) in [4.78, 5) is 0. The van der Waals surface area contributed by atoms with Gasteiger partial charge in [0.1, 0.15) is 5.69 Å². The van der Waals surface area contributed by atoms with E-state index in [1.807, 2.05) is 0 Å². The van der Waals surface area contributed by atoms with Crippen molar-refractivity contribution in [1.82, 2.24) is 9.78 Å². The number of anilines is 1. The number of hydrogen-bond acceptors (Lipinski definition) is 2. The van der Waals surface area contributed by atoms with Crippen LogP contribution in [0.25, 0.3) is 0 Å². The molecule has 2 aromatic rings. The molecule has 2 N–H and O–H groups in total. The van der Waals surface area contributed by atoms with E-state index in [0.717, 1.165) is 0 Å². The summed E-state index contributed by atoms with van der Waals surface area (Å²) in [6.07, 6.45) is -10.0. The van der Waals surface area contributed by atoms with Crippen molar-refractivity contribution in [3.63, 3.8) is 0 Å². The van der Waals surface area contributed by atoms with Crippen LogP contribution in [0.15, 0.2) is 18.2 Å². The highest BCUT2D eigenvalue weighted by molar-refractivity contribution is 6.38. The smallest absolute Gasteiger partial charge is 0.396 e. The van der Waals surface area contributed by atoms with Crippen molar-refractivity contribution in [3.8, 4) is 0 Å². The Labute approximate surface area is 135 Å². The van der Waals surface area contributed by atoms with E-state index < -0.39 is 30.3 Å². The summed E-state index contributed by atoms with van der Waals surface area (Å²) >= 11 is 11.5. The van der Waals surface area contributed by atoms with Gasteiger partial charge in [-0.25, -0.2) is 0 Å². The van der Waals surface area contributed by atoms with E-state index in [9.17, 15) is 26.3 Å². The molecule has 0 saturated heterocycles. The first-order valence-corrected chi connectivity index (χ1v) is 6.61. The fourth-order valence-corrected chi connectivity index (χ4v) is 2.34. The second-order valence-corrected chi connectivity index (χ2v) is 5.36. The molecule has 0 unspecified atom stereocenters. The Bertz CT molecular complexity index is 712. The molecule has 0 aliphatic rings. The van der Waals surface area contributed by atoms with E-state index >= 15 is 0 Å². The molecule has 0 aliphatic heterocycles. The molecule has 0 radical (unpaired) electrons. The summed E-state index contributed by atoms with van der Waals surface area (Å²) in [5.74, 6) is 0. The van der Waals surface area contributed by atoms with Crippen LogP contribution in [0.1, 0.15) is 17.0 Å². The van der Waals surface area contributed by atoms with Gasteiger partial charge in [0.25, 0.3) is 0 Å². The van der Waals surface area contributed by atoms with Crippen molar-refractivity contribution in [2.45, 2.75) is 18.9 Å². The van der Waals surface area contributed by atoms with E-state index in [-0.39, 0.29) is 32.0 Å². The lowest BCUT2D eigenvalue weighted by atomic mass is 10.2. The third-order valence-corrected chi connectivity index (χ3v) is 3.46. The summed E-state index contributed by atoms with van der Waals surface area (Å²) in [5.41, 5.74) is 2.45. The Hall–Kier alpha value is -1.61. The molecule has 0 saturated carbocycles. The van der Waals surface area contributed by atoms with Gasteiger partial charge >= 0.3 is 12.4 Å². The Morgan fingerprint density at radius 3 is 1.91 bits per heavy atom. The van der Waals surface area contributed by atoms with Crippen LogP contribution in [0.4, 0.5) is 32.0 Å². The minimum absolute atomic E-state index is 0.0181. The Morgan fingerprint density at radius 2 is 1.48 bits per heavy atom. The van der Waals surface area contributed by atoms with Crippen molar-refractivity contribution in [3.05, 3.63) is 45.2 Å². The molecule has 0 amide bonds. The third-order valence-electron chi connectivity index (χ3n) is 2.83. The van der Waals surface area contributed by atoms with Crippen LogP contribution in [0.2, 0.25) is 10.0 Å². The molecule has 11 heteroatoms. The molecular formula is C12H7Cl2F6N3. The number of halogens is 8. The van der Waals surface area contributed by atoms with Gasteiger partial charge in [0, 0.05) is 6.07 Å². The molecule has 1 aromatic carbocycles. The maximum absolute atomic E-state index is 12.9. The average molecular weight is 378 g/mol. The van der Waals surface area contributed by atoms with Gasteiger partial charge in [-0.3, -0.25) is 4.68 Å². The fourth-order valence-electron chi connectivity index (χ4n) is 1.81. The topological polar surface area (TPSA) is 43.8 Å². The predicted octanol–water partition coefficient (Wildman–Crippen LogP) is 4.86. The van der Waals surface area contributed by atoms with Crippen LogP contribution in [-0.2, 0) is 18.9 Å². The number of rotatable bonds is 2. The lowest BCUT2D eigenvalue weighted by molar-refractivity contribution is -0.144. The first kappa shape index (κ1) is 17.7. The number of nitrogens with zero attached hydrogens (tertiary/aromatic N) is 2. The van der Waals surface area contributed by atoms with Crippen molar-refractivity contribution in [2.75, 3.05) is 5.73 Å². The molecule has 126 valence electrons. The summed E-state index contributed by atoms with van der Waals surface area (Å²) in [6, 6.07) is 2.36. The third kappa shape index (κ3) is 3.84. The van der Waals surface area contributed by atoms with Crippen LogP contribution >= 0.6 is 23.2 Å². The quantitative estimate of drug-likeness (QED) is 0.599. The molecule has 0 spiro atoms. The van der Waals surface area contributed by atoms with Crippen molar-refractivity contribution in [1.29, 1.82) is 0 Å². The monoisotopic (exact) mass is 377 g/mol. The number of aromatic nitrogens is 2. The van der Waals surface area contributed by atoms with E-state index in [1.165, 1.54) is 12.1 Å². The van der Waals surface area contributed by atoms with E-state index in [4.69, 9.17) is 28.9 Å². The summed E-state index contributed by atoms with van der Waals surface area (Å²) in [7, 11) is 0. The molecule has 0 atom stereocenters. The molecule has 3 nitrogen and oxygen atoms in total. The minimum atomic E-state index is -5.00. The van der Waals surface area contributed by atoms with Gasteiger partial charge < -0.3 is 5.73 Å². The SMILES string of the molecule is Nc1c(Cl)cc(Cn2nc(C(F)(F)F)cc2C(F)(F)F)cc1Cl. The first-order chi connectivity index (χ1) is 10.4. The maximum atomic E-state index is 12.9. The summed E-state index contributed by atoms with van der Waals surface area (Å²) in [5, 5.41) is 2.93. The van der Waals surface area contributed by atoms with Crippen LogP contribution in [0.5, 0.6) is 0 Å². The summed E-state index contributed by atoms with van der Waals surface area (Å²) in [6.45, 7) is -0.607. The lowest BCUT2D eigenvalue weighted by Crippen LogP contribution is -2.15. The average Bonchev–Trinajstić information content (AvgIpc) is 2.79. The van der Waals surface area contributed by atoms with Gasteiger partial charge in [-0.2, -0.15) is 31.4 Å². The van der Waals surface area contributed by atoms with Crippen LogP contribution in [0, 0.1) is 0 Å². The highest BCUT2D eigenvalue weighted by Gasteiger charge is 2.41. The Kier molecular flexibility index (Phi) is 4.46. The van der Waals surface area contributed by atoms with E-state index in [0.29, 0.717) is 0 Å². The van der Waals surface area contributed by atoms with Gasteiger partial charge in [-0.1, -0.05) is 23.2 Å². The lowest BCUT2D eigenvalue weighted by Gasteiger charge is -2.11. The van der Waals surface area contributed by atoms with Gasteiger partial charge in [-0.05, 0) is 17.7 Å². The normalized spacial score (nSPS) is 12.7. The second-order valence-electron chi connectivity index (χ2n) is 4.54. The minimum Gasteiger partial charge on any atom is -0.396 e. The molecule has 0 fully saturated rings. The van der Waals surface area contributed by atoms with Crippen LogP contribution < -0.4 is 5.73 Å². The number of nitrogens with two attached hydrogens (primary N) is 1. The molecular weight excluding hydrogens is 371 g/mol. The van der Waals surface area contributed by atoms with Crippen molar-refractivity contribution in [2.24, 2.45) is 0 Å². The molecule has 0 bridgehead atoms. The Balaban J connectivity index is 2.49. The zero-order valence-electron chi connectivity index (χ0n) is 10.9. The fraction of sp³-hybridized carbons (Fsp3) is 0.250. The first-order valence-electron chi connectivity index (χ1n) is 5.85. The Morgan fingerprint density at radius 1 is 0.957 bits per heavy atom. The maximum Gasteiger partial charge on any atom is 0.435 e. The second kappa shape index (κ2) is 5.79.